The van der Waals surface area contributed by atoms with E-state index in [4.69, 9.17) is 33.2 Å². The monoisotopic (exact) mass is 611 g/mol. The maximum absolute atomic E-state index is 12.2. The molecule has 0 N–H and O–H groups in total. The molecule has 0 bridgehead atoms. The minimum atomic E-state index is -0.701. The van der Waals surface area contributed by atoms with E-state index in [1.54, 1.807) is 0 Å². The Labute approximate surface area is 252 Å². The predicted octanol–water partition coefficient (Wildman–Crippen LogP) is -0.725. The fourth-order valence-electron chi connectivity index (χ4n) is 4.47. The summed E-state index contributed by atoms with van der Waals surface area (Å²) in [5.41, 5.74) is 0. The molecule has 0 aromatic carbocycles. The zero-order valence-electron chi connectivity index (χ0n) is 24.9. The summed E-state index contributed by atoms with van der Waals surface area (Å²) in [6.07, 6.45) is 4.72. The van der Waals surface area contributed by atoms with Crippen molar-refractivity contribution in [2.24, 2.45) is 5.92 Å². The highest BCUT2D eigenvalue weighted by Crippen LogP contribution is 2.09. The molecule has 0 saturated carbocycles. The Morgan fingerprint density at radius 2 is 0.837 bits per heavy atom. The molecule has 0 aromatic rings. The molecule has 0 radical (unpaired) electrons. The van der Waals surface area contributed by atoms with Crippen molar-refractivity contribution in [2.75, 3.05) is 125 Å². The molecule has 3 aliphatic heterocycles. The summed E-state index contributed by atoms with van der Waals surface area (Å²) in [4.78, 5) is 54.8. The highest BCUT2D eigenvalue weighted by Gasteiger charge is 2.18. The van der Waals surface area contributed by atoms with Crippen LogP contribution in [0.4, 0.5) is 0 Å². The second kappa shape index (κ2) is 20.9. The van der Waals surface area contributed by atoms with Gasteiger partial charge in [-0.2, -0.15) is 0 Å². The Morgan fingerprint density at radius 1 is 0.512 bits per heavy atom. The van der Waals surface area contributed by atoms with Crippen molar-refractivity contribution in [1.29, 1.82) is 0 Å². The lowest BCUT2D eigenvalue weighted by atomic mass is 10.1. The Balaban J connectivity index is 1.35. The first kappa shape index (κ1) is 34.6. The van der Waals surface area contributed by atoms with E-state index in [9.17, 15) is 19.2 Å². The van der Waals surface area contributed by atoms with Crippen LogP contribution in [0.25, 0.3) is 0 Å². The zero-order valence-corrected chi connectivity index (χ0v) is 24.9. The third-order valence-electron chi connectivity index (χ3n) is 7.10. The van der Waals surface area contributed by atoms with E-state index in [0.717, 1.165) is 63.6 Å². The standard InChI is InChI=1S/C29H45N3O11/c33-26(40-21-13-31-9-17-38-18-10-31)1-3-28(35)42-23-25(5-6-30-7-15-37-16-8-30)24-43-29(36)4-2-27(34)41-22-14-32-11-19-39-20-12-32/h1-4,25H,5-24H2/b3-1+,4-2+. The molecule has 0 amide bonds. The number of carbonyl (C=O) groups excluding carboxylic acids is 4. The van der Waals surface area contributed by atoms with Crippen LogP contribution in [0.2, 0.25) is 0 Å². The molecule has 242 valence electrons. The SMILES string of the molecule is O=C(/C=C/C(=O)OCC(CCN1CCOCC1)COC(=O)/C=C/C(=O)OCCN1CCOCC1)OCCN1CCOCC1. The normalized spacial score (nSPS) is 19.1. The smallest absolute Gasteiger partial charge is 0.331 e. The number of hydrogen-bond acceptors (Lipinski definition) is 14. The van der Waals surface area contributed by atoms with Crippen molar-refractivity contribution in [3.05, 3.63) is 24.3 Å². The molecule has 0 unspecified atom stereocenters. The average Bonchev–Trinajstić information content (AvgIpc) is 3.04. The fourth-order valence-corrected chi connectivity index (χ4v) is 4.47. The van der Waals surface area contributed by atoms with Gasteiger partial charge >= 0.3 is 23.9 Å². The zero-order chi connectivity index (χ0) is 30.5. The molecule has 3 rings (SSSR count). The van der Waals surface area contributed by atoms with Gasteiger partial charge in [-0.05, 0) is 13.0 Å². The molecule has 3 aliphatic rings. The van der Waals surface area contributed by atoms with Gasteiger partial charge in [0.25, 0.3) is 0 Å². The van der Waals surface area contributed by atoms with Gasteiger partial charge in [-0.1, -0.05) is 0 Å². The third kappa shape index (κ3) is 16.0. The molecule has 0 aromatic heterocycles. The van der Waals surface area contributed by atoms with Crippen molar-refractivity contribution in [3.8, 4) is 0 Å². The highest BCUT2D eigenvalue weighted by molar-refractivity contribution is 5.92. The summed E-state index contributed by atoms with van der Waals surface area (Å²) in [5.74, 6) is -2.96. The van der Waals surface area contributed by atoms with Gasteiger partial charge in [-0.3, -0.25) is 14.7 Å². The van der Waals surface area contributed by atoms with Crippen LogP contribution >= 0.6 is 0 Å². The minimum Gasteiger partial charge on any atom is -0.462 e. The van der Waals surface area contributed by atoms with Crippen molar-refractivity contribution >= 4 is 23.9 Å². The Kier molecular flexibility index (Phi) is 16.8. The molecule has 14 nitrogen and oxygen atoms in total. The number of hydrogen-bond donors (Lipinski definition) is 0. The fraction of sp³-hybridized carbons (Fsp3) is 0.724. The van der Waals surface area contributed by atoms with Crippen LogP contribution in [0.5, 0.6) is 0 Å². The molecule has 3 fully saturated rings. The summed E-state index contributed by atoms with van der Waals surface area (Å²) in [6, 6.07) is 0. The Bertz CT molecular complexity index is 849. The van der Waals surface area contributed by atoms with Crippen LogP contribution in [0.1, 0.15) is 6.42 Å². The van der Waals surface area contributed by atoms with Gasteiger partial charge in [-0.15, -0.1) is 0 Å². The molecular weight excluding hydrogens is 566 g/mol. The average molecular weight is 612 g/mol. The Morgan fingerprint density at radius 3 is 1.21 bits per heavy atom. The van der Waals surface area contributed by atoms with E-state index in [-0.39, 0.29) is 32.3 Å². The van der Waals surface area contributed by atoms with Gasteiger partial charge in [0.05, 0.1) is 52.9 Å². The van der Waals surface area contributed by atoms with Gasteiger partial charge in [-0.25, -0.2) is 19.2 Å². The van der Waals surface area contributed by atoms with Gasteiger partial charge in [0.15, 0.2) is 0 Å². The number of ether oxygens (including phenoxy) is 7. The molecule has 0 aliphatic carbocycles. The summed E-state index contributed by atoms with van der Waals surface area (Å²) >= 11 is 0. The summed E-state index contributed by atoms with van der Waals surface area (Å²) in [5, 5.41) is 0. The predicted molar refractivity (Wildman–Crippen MR) is 152 cm³/mol. The maximum atomic E-state index is 12.2. The van der Waals surface area contributed by atoms with Crippen molar-refractivity contribution in [2.45, 2.75) is 6.42 Å². The molecule has 3 heterocycles. The second-order valence-corrected chi connectivity index (χ2v) is 10.3. The first-order chi connectivity index (χ1) is 21.0. The first-order valence-electron chi connectivity index (χ1n) is 14.9. The van der Waals surface area contributed by atoms with Gasteiger partial charge in [0, 0.05) is 82.6 Å². The van der Waals surface area contributed by atoms with E-state index < -0.39 is 23.9 Å². The Hall–Kier alpha value is -2.88. The number of rotatable bonds is 17. The minimum absolute atomic E-state index is 0.0137. The lowest BCUT2D eigenvalue weighted by Gasteiger charge is -2.28. The number of morpholine rings is 3. The molecular formula is C29H45N3O11. The quantitative estimate of drug-likeness (QED) is 0.116. The summed E-state index contributed by atoms with van der Waals surface area (Å²) in [7, 11) is 0. The molecule has 43 heavy (non-hydrogen) atoms. The van der Waals surface area contributed by atoms with Gasteiger partial charge in [0.1, 0.15) is 13.2 Å². The summed E-state index contributed by atoms with van der Waals surface area (Å²) < 4.78 is 36.9. The van der Waals surface area contributed by atoms with E-state index in [2.05, 4.69) is 14.7 Å². The number of nitrogens with zero attached hydrogens (tertiary/aromatic N) is 3. The van der Waals surface area contributed by atoms with Crippen molar-refractivity contribution in [3.63, 3.8) is 0 Å². The number of carbonyl (C=O) groups is 4. The first-order valence-corrected chi connectivity index (χ1v) is 14.9. The topological polar surface area (TPSA) is 143 Å². The van der Waals surface area contributed by atoms with Crippen LogP contribution in [0.3, 0.4) is 0 Å². The molecule has 0 spiro atoms. The van der Waals surface area contributed by atoms with E-state index in [1.807, 2.05) is 0 Å². The van der Waals surface area contributed by atoms with Crippen LogP contribution in [0.15, 0.2) is 24.3 Å². The summed E-state index contributed by atoms with van der Waals surface area (Å²) in [6.45, 7) is 11.0. The van der Waals surface area contributed by atoms with Crippen LogP contribution in [0, 0.1) is 5.92 Å². The van der Waals surface area contributed by atoms with E-state index in [1.165, 1.54) is 0 Å². The van der Waals surface area contributed by atoms with Gasteiger partial charge < -0.3 is 33.2 Å². The molecule has 3 saturated heterocycles. The van der Waals surface area contributed by atoms with Crippen molar-refractivity contribution in [1.82, 2.24) is 14.7 Å². The van der Waals surface area contributed by atoms with E-state index >= 15 is 0 Å². The molecule has 14 heteroatoms. The van der Waals surface area contributed by atoms with Crippen LogP contribution in [-0.4, -0.2) is 164 Å². The van der Waals surface area contributed by atoms with Crippen LogP contribution in [-0.2, 0) is 52.3 Å². The highest BCUT2D eigenvalue weighted by atomic mass is 16.6. The van der Waals surface area contributed by atoms with Gasteiger partial charge in [0.2, 0.25) is 0 Å². The van der Waals surface area contributed by atoms with E-state index in [0.29, 0.717) is 65.7 Å². The lowest BCUT2D eigenvalue weighted by molar-refractivity contribution is -0.145. The van der Waals surface area contributed by atoms with Crippen molar-refractivity contribution < 1.29 is 52.3 Å². The largest absolute Gasteiger partial charge is 0.462 e. The number of esters is 4. The third-order valence-corrected chi connectivity index (χ3v) is 7.10. The molecule has 0 atom stereocenters. The maximum Gasteiger partial charge on any atom is 0.331 e. The second-order valence-electron chi connectivity index (χ2n) is 10.3. The van der Waals surface area contributed by atoms with Crippen LogP contribution < -0.4 is 0 Å². The lowest BCUT2D eigenvalue weighted by Crippen LogP contribution is -2.38.